The molecule has 4 aliphatic rings. The second kappa shape index (κ2) is 5.10. The number of terminal acetylenes is 1. The van der Waals surface area contributed by atoms with E-state index in [4.69, 9.17) is 6.42 Å². The van der Waals surface area contributed by atoms with E-state index < -0.39 is 0 Å². The Kier molecular flexibility index (Phi) is 3.38. The first-order chi connectivity index (χ1) is 11.0. The smallest absolute Gasteiger partial charge is 0.126 e. The molecule has 1 heteroatoms. The zero-order valence-corrected chi connectivity index (χ0v) is 14.4. The fourth-order valence-electron chi connectivity index (χ4n) is 6.56. The van der Waals surface area contributed by atoms with Crippen LogP contribution in [0.5, 0.6) is 0 Å². The summed E-state index contributed by atoms with van der Waals surface area (Å²) in [5, 5.41) is 0. The minimum Gasteiger partial charge on any atom is -0.303 e. The van der Waals surface area contributed by atoms with Crippen molar-refractivity contribution in [2.45, 2.75) is 52.4 Å². The minimum absolute atomic E-state index is 0.130. The topological polar surface area (TPSA) is 17.1 Å². The molecule has 4 aliphatic carbocycles. The molecule has 0 aromatic rings. The summed E-state index contributed by atoms with van der Waals surface area (Å²) < 4.78 is 0. The predicted molar refractivity (Wildman–Crippen MR) is 93.5 cm³/mol. The highest BCUT2D eigenvalue weighted by Crippen LogP contribution is 2.65. The Labute approximate surface area is 140 Å². The molecule has 122 valence electrons. The van der Waals surface area contributed by atoms with Crippen LogP contribution in [0.25, 0.3) is 0 Å². The first-order valence-electron chi connectivity index (χ1n) is 9.35. The third kappa shape index (κ3) is 1.97. The van der Waals surface area contributed by atoms with Gasteiger partial charge in [0.2, 0.25) is 0 Å². The van der Waals surface area contributed by atoms with Crippen LogP contribution in [0.15, 0.2) is 23.8 Å². The molecule has 0 N–H and O–H groups in total. The first-order valence-corrected chi connectivity index (χ1v) is 9.35. The summed E-state index contributed by atoms with van der Waals surface area (Å²) in [7, 11) is 0. The van der Waals surface area contributed by atoms with Gasteiger partial charge >= 0.3 is 0 Å². The average molecular weight is 308 g/mol. The predicted octanol–water partition coefficient (Wildman–Crippen LogP) is 4.79. The molecular formula is C22H28O. The van der Waals surface area contributed by atoms with E-state index >= 15 is 0 Å². The van der Waals surface area contributed by atoms with Crippen LogP contribution in [0.2, 0.25) is 0 Å². The van der Waals surface area contributed by atoms with Crippen molar-refractivity contribution in [2.24, 2.45) is 40.4 Å². The molecule has 0 amide bonds. The van der Waals surface area contributed by atoms with E-state index in [9.17, 15) is 4.79 Å². The van der Waals surface area contributed by atoms with Crippen LogP contribution in [-0.2, 0) is 4.79 Å². The molecule has 4 rings (SSSR count). The lowest BCUT2D eigenvalue weighted by Crippen LogP contribution is -2.48. The largest absolute Gasteiger partial charge is 0.303 e. The van der Waals surface area contributed by atoms with Crippen molar-refractivity contribution in [3.63, 3.8) is 0 Å². The van der Waals surface area contributed by atoms with Crippen LogP contribution in [0, 0.1) is 52.8 Å². The van der Waals surface area contributed by atoms with Crippen LogP contribution in [0.4, 0.5) is 0 Å². The number of hydrogen-bond acceptors (Lipinski definition) is 1. The van der Waals surface area contributed by atoms with Gasteiger partial charge in [0.05, 0.1) is 0 Å². The number of aldehydes is 1. The molecule has 1 nitrogen and oxygen atoms in total. The fraction of sp³-hybridized carbons (Fsp3) is 0.682. The van der Waals surface area contributed by atoms with Crippen LogP contribution < -0.4 is 0 Å². The standard InChI is InChI=1S/C22H28O/c1-4-16-6-8-19-18-7-5-17-13-15(14-23)9-11-22(17,3)20(18)10-12-21(16,19)2/h1,5,7,13-16,18-20H,6,8-12H2,2-3H3/t15?,16?,18-,19-,20-,21+,22-/m0/s1. The zero-order chi connectivity index (χ0) is 16.2. The molecule has 0 spiro atoms. The average Bonchev–Trinajstić information content (AvgIpc) is 2.90. The second-order valence-corrected chi connectivity index (χ2v) is 8.87. The lowest BCUT2D eigenvalue weighted by atomic mass is 9.48. The van der Waals surface area contributed by atoms with Gasteiger partial charge in [0.15, 0.2) is 0 Å². The number of allylic oxidation sites excluding steroid dienone is 4. The highest BCUT2D eigenvalue weighted by molar-refractivity contribution is 5.58. The second-order valence-electron chi connectivity index (χ2n) is 8.87. The Balaban J connectivity index is 1.72. The van der Waals surface area contributed by atoms with E-state index in [-0.39, 0.29) is 11.3 Å². The summed E-state index contributed by atoms with van der Waals surface area (Å²) in [6, 6.07) is 0. The molecule has 0 bridgehead atoms. The number of fused-ring (bicyclic) bond motifs is 5. The number of carbonyl (C=O) groups excluding carboxylic acids is 1. The summed E-state index contributed by atoms with van der Waals surface area (Å²) in [6.07, 6.45) is 21.3. The minimum atomic E-state index is 0.130. The van der Waals surface area contributed by atoms with E-state index in [0.717, 1.165) is 31.0 Å². The van der Waals surface area contributed by atoms with Crippen LogP contribution in [0.3, 0.4) is 0 Å². The Bertz CT molecular complexity index is 620. The van der Waals surface area contributed by atoms with Gasteiger partial charge in [0.25, 0.3) is 0 Å². The maximum absolute atomic E-state index is 11.2. The van der Waals surface area contributed by atoms with Gasteiger partial charge in [-0.25, -0.2) is 0 Å². The van der Waals surface area contributed by atoms with Crippen molar-refractivity contribution < 1.29 is 4.79 Å². The lowest BCUT2D eigenvalue weighted by Gasteiger charge is -2.56. The van der Waals surface area contributed by atoms with Crippen LogP contribution in [-0.4, -0.2) is 6.29 Å². The summed E-state index contributed by atoms with van der Waals surface area (Å²) in [5.74, 6) is 5.87. The van der Waals surface area contributed by atoms with Gasteiger partial charge in [-0.1, -0.05) is 32.1 Å². The summed E-state index contributed by atoms with van der Waals surface area (Å²) in [5.41, 5.74) is 2.05. The molecular weight excluding hydrogens is 280 g/mol. The first kappa shape index (κ1) is 15.3. The van der Waals surface area contributed by atoms with Crippen LogP contribution >= 0.6 is 0 Å². The van der Waals surface area contributed by atoms with E-state index in [0.29, 0.717) is 17.3 Å². The molecule has 23 heavy (non-hydrogen) atoms. The SMILES string of the molecule is C#CC1CC[C@H]2[C@@H]3C=CC4=CC(C=O)CC[C@]4(C)[C@H]3CC[C@]12C. The third-order valence-electron chi connectivity index (χ3n) is 8.08. The van der Waals surface area contributed by atoms with Gasteiger partial charge in [-0.15, -0.1) is 12.3 Å². The zero-order valence-electron chi connectivity index (χ0n) is 14.4. The van der Waals surface area contributed by atoms with Gasteiger partial charge in [-0.05, 0) is 72.7 Å². The highest BCUT2D eigenvalue weighted by atomic mass is 16.1. The molecule has 0 radical (unpaired) electrons. The normalized spacial score (nSPS) is 51.0. The molecule has 0 saturated heterocycles. The maximum atomic E-state index is 11.2. The Morgan fingerprint density at radius 3 is 2.74 bits per heavy atom. The van der Waals surface area contributed by atoms with E-state index in [1.165, 1.54) is 31.3 Å². The van der Waals surface area contributed by atoms with Gasteiger partial charge in [-0.3, -0.25) is 0 Å². The summed E-state index contributed by atoms with van der Waals surface area (Å²) in [6.45, 7) is 4.91. The van der Waals surface area contributed by atoms with Crippen molar-refractivity contribution in [3.8, 4) is 12.3 Å². The van der Waals surface area contributed by atoms with Crippen molar-refractivity contribution >= 4 is 6.29 Å². The highest BCUT2D eigenvalue weighted by Gasteiger charge is 2.57. The van der Waals surface area contributed by atoms with Gasteiger partial charge in [0, 0.05) is 11.8 Å². The van der Waals surface area contributed by atoms with Crippen molar-refractivity contribution in [3.05, 3.63) is 23.8 Å². The molecule has 0 aliphatic heterocycles. The lowest BCUT2D eigenvalue weighted by molar-refractivity contribution is -0.110. The van der Waals surface area contributed by atoms with E-state index in [2.05, 4.69) is 38.0 Å². The summed E-state index contributed by atoms with van der Waals surface area (Å²) >= 11 is 0. The summed E-state index contributed by atoms with van der Waals surface area (Å²) in [4.78, 5) is 11.2. The molecule has 2 unspecified atom stereocenters. The van der Waals surface area contributed by atoms with Crippen molar-refractivity contribution in [1.29, 1.82) is 0 Å². The Morgan fingerprint density at radius 2 is 2.00 bits per heavy atom. The van der Waals surface area contributed by atoms with E-state index in [1.807, 2.05) is 0 Å². The molecule has 0 aromatic carbocycles. The molecule has 0 heterocycles. The van der Waals surface area contributed by atoms with Gasteiger partial charge in [-0.2, -0.15) is 0 Å². The molecule has 2 saturated carbocycles. The molecule has 7 atom stereocenters. The Morgan fingerprint density at radius 1 is 1.17 bits per heavy atom. The van der Waals surface area contributed by atoms with Gasteiger partial charge in [0.1, 0.15) is 6.29 Å². The van der Waals surface area contributed by atoms with Crippen LogP contribution in [0.1, 0.15) is 52.4 Å². The molecule has 0 aromatic heterocycles. The van der Waals surface area contributed by atoms with E-state index in [1.54, 1.807) is 0 Å². The third-order valence-corrected chi connectivity index (χ3v) is 8.08. The van der Waals surface area contributed by atoms with Gasteiger partial charge < -0.3 is 4.79 Å². The number of rotatable bonds is 1. The maximum Gasteiger partial charge on any atom is 0.126 e. The van der Waals surface area contributed by atoms with Crippen molar-refractivity contribution in [1.82, 2.24) is 0 Å². The fourth-order valence-corrected chi connectivity index (χ4v) is 6.56. The molecule has 2 fully saturated rings. The monoisotopic (exact) mass is 308 g/mol. The number of hydrogen-bond donors (Lipinski definition) is 0. The van der Waals surface area contributed by atoms with Crippen molar-refractivity contribution in [2.75, 3.05) is 0 Å². The quantitative estimate of drug-likeness (QED) is 0.503. The number of carbonyl (C=O) groups is 1. The Hall–Kier alpha value is -1.29.